The van der Waals surface area contributed by atoms with E-state index in [1.807, 2.05) is 26.0 Å². The summed E-state index contributed by atoms with van der Waals surface area (Å²) < 4.78 is 72.8. The van der Waals surface area contributed by atoms with Crippen molar-refractivity contribution in [1.82, 2.24) is 0 Å². The molecule has 1 nitrogen and oxygen atoms in total. The Bertz CT molecular complexity index is 713. The fourth-order valence-corrected chi connectivity index (χ4v) is 2.69. The number of ether oxygens (including phenoxy) is 1. The minimum Gasteiger partial charge on any atom is -0.494 e. The van der Waals surface area contributed by atoms with E-state index < -0.39 is 34.6 Å². The monoisotopic (exact) mass is 358 g/mol. The molecule has 6 heteroatoms. The Morgan fingerprint density at radius 1 is 0.800 bits per heavy atom. The molecule has 0 heterocycles. The molecule has 0 bridgehead atoms. The second-order valence-electron chi connectivity index (χ2n) is 6.02. The van der Waals surface area contributed by atoms with Crippen molar-refractivity contribution in [3.8, 4) is 5.75 Å². The summed E-state index contributed by atoms with van der Waals surface area (Å²) in [6.45, 7) is 5.94. The van der Waals surface area contributed by atoms with Crippen LogP contribution in [0.5, 0.6) is 5.75 Å². The molecular formula is C19H19F5O. The van der Waals surface area contributed by atoms with E-state index >= 15 is 0 Å². The van der Waals surface area contributed by atoms with E-state index in [4.69, 9.17) is 4.74 Å². The average molecular weight is 358 g/mol. The number of hydrogen-bond acceptors (Lipinski definition) is 1. The first-order valence-electron chi connectivity index (χ1n) is 8.00. The molecule has 0 aliphatic carbocycles. The molecule has 136 valence electrons. The summed E-state index contributed by atoms with van der Waals surface area (Å²) in [6, 6.07) is 7.20. The van der Waals surface area contributed by atoms with E-state index in [1.54, 1.807) is 19.1 Å². The zero-order valence-electron chi connectivity index (χ0n) is 14.2. The minimum absolute atomic E-state index is 0.148. The Kier molecular flexibility index (Phi) is 6.03. The number of halogens is 5. The van der Waals surface area contributed by atoms with Crippen LogP contribution in [0, 0.1) is 35.0 Å². The van der Waals surface area contributed by atoms with Crippen LogP contribution in [0.1, 0.15) is 37.8 Å². The average Bonchev–Trinajstić information content (AvgIpc) is 2.62. The molecule has 2 aromatic carbocycles. The molecule has 2 unspecified atom stereocenters. The fraction of sp³-hybridized carbons (Fsp3) is 0.368. The van der Waals surface area contributed by atoms with Crippen molar-refractivity contribution in [3.05, 3.63) is 64.5 Å². The molecule has 0 amide bonds. The van der Waals surface area contributed by atoms with E-state index in [2.05, 4.69) is 0 Å². The standard InChI is InChI=1S/C19H19F5O/c1-4-25-13-7-5-12(6-8-13)11(3)10(2)9-14-15(20)17(22)19(24)18(23)16(14)21/h5-8,10-11H,4,9H2,1-3H3. The van der Waals surface area contributed by atoms with E-state index in [-0.39, 0.29) is 18.3 Å². The first-order valence-corrected chi connectivity index (χ1v) is 8.00. The first-order chi connectivity index (χ1) is 11.8. The lowest BCUT2D eigenvalue weighted by molar-refractivity contribution is 0.340. The molecule has 0 aliphatic rings. The van der Waals surface area contributed by atoms with Crippen LogP contribution >= 0.6 is 0 Å². The summed E-state index contributed by atoms with van der Waals surface area (Å²) in [4.78, 5) is 0. The van der Waals surface area contributed by atoms with Gasteiger partial charge in [0.2, 0.25) is 5.82 Å². The minimum atomic E-state index is -2.13. The highest BCUT2D eigenvalue weighted by Gasteiger charge is 2.27. The number of benzene rings is 2. The molecular weight excluding hydrogens is 339 g/mol. The molecule has 0 saturated heterocycles. The Morgan fingerprint density at radius 2 is 1.28 bits per heavy atom. The lowest BCUT2D eigenvalue weighted by Gasteiger charge is -2.21. The largest absolute Gasteiger partial charge is 0.494 e. The summed E-state index contributed by atoms with van der Waals surface area (Å²) in [7, 11) is 0. The molecule has 2 rings (SSSR count). The van der Waals surface area contributed by atoms with Gasteiger partial charge in [-0.15, -0.1) is 0 Å². The highest BCUT2D eigenvalue weighted by molar-refractivity contribution is 5.30. The van der Waals surface area contributed by atoms with Crippen molar-refractivity contribution in [1.29, 1.82) is 0 Å². The van der Waals surface area contributed by atoms with Gasteiger partial charge in [0.05, 0.1) is 6.61 Å². The van der Waals surface area contributed by atoms with E-state index in [0.29, 0.717) is 12.4 Å². The third-order valence-electron chi connectivity index (χ3n) is 4.40. The van der Waals surface area contributed by atoms with Crippen molar-refractivity contribution in [2.45, 2.75) is 33.1 Å². The van der Waals surface area contributed by atoms with Gasteiger partial charge in [-0.05, 0) is 42.9 Å². The first kappa shape index (κ1) is 19.2. The summed E-state index contributed by atoms with van der Waals surface area (Å²) >= 11 is 0. The van der Waals surface area contributed by atoms with Crippen molar-refractivity contribution >= 4 is 0 Å². The SMILES string of the molecule is CCOc1ccc(C(C)C(C)Cc2c(F)c(F)c(F)c(F)c2F)cc1. The van der Waals surface area contributed by atoms with Gasteiger partial charge < -0.3 is 4.74 Å². The van der Waals surface area contributed by atoms with Crippen molar-refractivity contribution in [2.24, 2.45) is 5.92 Å². The number of hydrogen-bond donors (Lipinski definition) is 0. The van der Waals surface area contributed by atoms with Crippen LogP contribution in [-0.2, 0) is 6.42 Å². The van der Waals surface area contributed by atoms with Crippen LogP contribution in [0.25, 0.3) is 0 Å². The van der Waals surface area contributed by atoms with Gasteiger partial charge in [0.1, 0.15) is 5.75 Å². The lowest BCUT2D eigenvalue weighted by Crippen LogP contribution is -2.14. The zero-order chi connectivity index (χ0) is 18.7. The topological polar surface area (TPSA) is 9.23 Å². The maximum Gasteiger partial charge on any atom is 0.200 e. The Morgan fingerprint density at radius 3 is 1.76 bits per heavy atom. The van der Waals surface area contributed by atoms with Gasteiger partial charge in [-0.3, -0.25) is 0 Å². The predicted molar refractivity (Wildman–Crippen MR) is 85.1 cm³/mol. The maximum atomic E-state index is 13.8. The third-order valence-corrected chi connectivity index (χ3v) is 4.40. The van der Waals surface area contributed by atoms with Crippen LogP contribution in [-0.4, -0.2) is 6.61 Å². The lowest BCUT2D eigenvalue weighted by atomic mass is 9.84. The molecule has 2 aromatic rings. The summed E-state index contributed by atoms with van der Waals surface area (Å²) in [5.74, 6) is -9.26. The Hall–Kier alpha value is -2.11. The smallest absolute Gasteiger partial charge is 0.200 e. The highest BCUT2D eigenvalue weighted by atomic mass is 19.2. The third kappa shape index (κ3) is 3.94. The molecule has 0 spiro atoms. The molecule has 0 radical (unpaired) electrons. The molecule has 0 fully saturated rings. The number of rotatable bonds is 6. The molecule has 0 saturated carbocycles. The van der Waals surface area contributed by atoms with Gasteiger partial charge >= 0.3 is 0 Å². The molecule has 0 aliphatic heterocycles. The van der Waals surface area contributed by atoms with Gasteiger partial charge in [0, 0.05) is 5.56 Å². The maximum absolute atomic E-state index is 13.8. The van der Waals surface area contributed by atoms with Crippen LogP contribution < -0.4 is 4.74 Å². The zero-order valence-corrected chi connectivity index (χ0v) is 14.2. The normalized spacial score (nSPS) is 13.6. The quantitative estimate of drug-likeness (QED) is 0.362. The van der Waals surface area contributed by atoms with Crippen molar-refractivity contribution in [2.75, 3.05) is 6.61 Å². The summed E-state index contributed by atoms with van der Waals surface area (Å²) in [5.41, 5.74) is 0.113. The Balaban J connectivity index is 2.23. The van der Waals surface area contributed by atoms with E-state index in [9.17, 15) is 22.0 Å². The van der Waals surface area contributed by atoms with Gasteiger partial charge in [-0.2, -0.15) is 0 Å². The van der Waals surface area contributed by atoms with Gasteiger partial charge in [0.25, 0.3) is 0 Å². The van der Waals surface area contributed by atoms with Crippen LogP contribution in [0.3, 0.4) is 0 Å². The molecule has 2 atom stereocenters. The van der Waals surface area contributed by atoms with Crippen LogP contribution in [0.2, 0.25) is 0 Å². The van der Waals surface area contributed by atoms with Crippen LogP contribution in [0.15, 0.2) is 24.3 Å². The van der Waals surface area contributed by atoms with Gasteiger partial charge in [0.15, 0.2) is 23.3 Å². The van der Waals surface area contributed by atoms with Gasteiger partial charge in [-0.1, -0.05) is 26.0 Å². The summed E-state index contributed by atoms with van der Waals surface area (Å²) in [5, 5.41) is 0. The van der Waals surface area contributed by atoms with E-state index in [0.717, 1.165) is 5.56 Å². The second-order valence-corrected chi connectivity index (χ2v) is 6.02. The molecule has 0 aromatic heterocycles. The van der Waals surface area contributed by atoms with Crippen molar-refractivity contribution < 1.29 is 26.7 Å². The fourth-order valence-electron chi connectivity index (χ4n) is 2.69. The van der Waals surface area contributed by atoms with Gasteiger partial charge in [-0.25, -0.2) is 22.0 Å². The Labute approximate surface area is 143 Å². The summed E-state index contributed by atoms with van der Waals surface area (Å²) in [6.07, 6.45) is -0.264. The van der Waals surface area contributed by atoms with Crippen LogP contribution in [0.4, 0.5) is 22.0 Å². The predicted octanol–water partition coefficient (Wildman–Crippen LogP) is 5.76. The highest BCUT2D eigenvalue weighted by Crippen LogP contribution is 2.31. The van der Waals surface area contributed by atoms with E-state index in [1.165, 1.54) is 0 Å². The molecule has 25 heavy (non-hydrogen) atoms. The van der Waals surface area contributed by atoms with Crippen molar-refractivity contribution in [3.63, 3.8) is 0 Å². The second kappa shape index (κ2) is 7.85. The molecule has 0 N–H and O–H groups in total.